The van der Waals surface area contributed by atoms with Crippen molar-refractivity contribution in [2.45, 2.75) is 46.6 Å². The third kappa shape index (κ3) is 6.71. The van der Waals surface area contributed by atoms with Gasteiger partial charge in [0.25, 0.3) is 0 Å². The number of rotatable bonds is 7. The van der Waals surface area contributed by atoms with Crippen molar-refractivity contribution in [3.8, 4) is 0 Å². The highest BCUT2D eigenvalue weighted by molar-refractivity contribution is 5.76. The van der Waals surface area contributed by atoms with Gasteiger partial charge in [0.05, 0.1) is 6.04 Å². The molecular formula is C17H28N2O. The van der Waals surface area contributed by atoms with Crippen molar-refractivity contribution in [1.82, 2.24) is 10.6 Å². The summed E-state index contributed by atoms with van der Waals surface area (Å²) in [5, 5.41) is 6.35. The predicted octanol–water partition coefficient (Wildman–Crippen LogP) is 3.28. The minimum Gasteiger partial charge on any atom is -0.349 e. The van der Waals surface area contributed by atoms with E-state index in [4.69, 9.17) is 0 Å². The summed E-state index contributed by atoms with van der Waals surface area (Å²) in [6, 6.07) is 10.3. The Hall–Kier alpha value is -1.35. The van der Waals surface area contributed by atoms with Gasteiger partial charge in [0.1, 0.15) is 0 Å². The summed E-state index contributed by atoms with van der Waals surface area (Å²) in [7, 11) is 0. The standard InChI is InChI=1S/C17H28N2O/c1-5-18-12-11-16(20)19-15(13-17(2,3)4)14-9-7-6-8-10-14/h6-10,15,18H,5,11-13H2,1-4H3,(H,19,20). The lowest BCUT2D eigenvalue weighted by Crippen LogP contribution is -2.33. The van der Waals surface area contributed by atoms with Gasteiger partial charge in [-0.3, -0.25) is 4.79 Å². The van der Waals surface area contributed by atoms with E-state index < -0.39 is 0 Å². The van der Waals surface area contributed by atoms with E-state index in [0.717, 1.165) is 19.5 Å². The quantitative estimate of drug-likeness (QED) is 0.750. The Morgan fingerprint density at radius 3 is 2.40 bits per heavy atom. The summed E-state index contributed by atoms with van der Waals surface area (Å²) in [6.07, 6.45) is 1.46. The van der Waals surface area contributed by atoms with Gasteiger partial charge in [-0.25, -0.2) is 0 Å². The number of benzene rings is 1. The molecular weight excluding hydrogens is 248 g/mol. The molecule has 0 aliphatic rings. The van der Waals surface area contributed by atoms with Crippen molar-refractivity contribution in [1.29, 1.82) is 0 Å². The number of amides is 1. The molecule has 1 aromatic rings. The highest BCUT2D eigenvalue weighted by Gasteiger charge is 2.21. The van der Waals surface area contributed by atoms with Crippen LogP contribution >= 0.6 is 0 Å². The van der Waals surface area contributed by atoms with Gasteiger partial charge in [-0.05, 0) is 23.9 Å². The number of carbonyl (C=O) groups excluding carboxylic acids is 1. The summed E-state index contributed by atoms with van der Waals surface area (Å²) in [5.74, 6) is 0.115. The monoisotopic (exact) mass is 276 g/mol. The van der Waals surface area contributed by atoms with Gasteiger partial charge < -0.3 is 10.6 Å². The lowest BCUT2D eigenvalue weighted by molar-refractivity contribution is -0.121. The normalized spacial score (nSPS) is 13.0. The molecule has 0 radical (unpaired) electrons. The molecule has 0 aliphatic heterocycles. The first-order valence-corrected chi connectivity index (χ1v) is 7.47. The second kappa shape index (κ2) is 8.05. The number of nitrogens with one attached hydrogen (secondary N) is 2. The molecule has 20 heavy (non-hydrogen) atoms. The molecule has 0 aliphatic carbocycles. The topological polar surface area (TPSA) is 41.1 Å². The molecule has 1 unspecified atom stereocenters. The fourth-order valence-corrected chi connectivity index (χ4v) is 2.20. The maximum atomic E-state index is 12.0. The largest absolute Gasteiger partial charge is 0.349 e. The maximum Gasteiger partial charge on any atom is 0.221 e. The Kier molecular flexibility index (Phi) is 6.73. The Morgan fingerprint density at radius 1 is 1.20 bits per heavy atom. The molecule has 0 spiro atoms. The van der Waals surface area contributed by atoms with Crippen molar-refractivity contribution in [2.24, 2.45) is 5.41 Å². The summed E-state index contributed by atoms with van der Waals surface area (Å²) < 4.78 is 0. The number of carbonyl (C=O) groups is 1. The van der Waals surface area contributed by atoms with Gasteiger partial charge in [-0.2, -0.15) is 0 Å². The van der Waals surface area contributed by atoms with Crippen LogP contribution in [-0.2, 0) is 4.79 Å². The zero-order valence-electron chi connectivity index (χ0n) is 13.2. The van der Waals surface area contributed by atoms with Gasteiger partial charge in [0.15, 0.2) is 0 Å². The minimum absolute atomic E-state index is 0.0883. The molecule has 0 saturated carbocycles. The Bertz CT molecular complexity index is 395. The summed E-state index contributed by atoms with van der Waals surface area (Å²) in [4.78, 5) is 12.0. The van der Waals surface area contributed by atoms with E-state index >= 15 is 0 Å². The van der Waals surface area contributed by atoms with Crippen LogP contribution in [-0.4, -0.2) is 19.0 Å². The Balaban J connectivity index is 2.66. The van der Waals surface area contributed by atoms with E-state index in [2.05, 4.69) is 43.5 Å². The molecule has 0 heterocycles. The van der Waals surface area contributed by atoms with Crippen LogP contribution in [0.15, 0.2) is 30.3 Å². The second-order valence-corrected chi connectivity index (χ2v) is 6.40. The third-order valence-corrected chi connectivity index (χ3v) is 3.13. The van der Waals surface area contributed by atoms with Gasteiger partial charge in [-0.15, -0.1) is 0 Å². The van der Waals surface area contributed by atoms with Crippen molar-refractivity contribution in [3.05, 3.63) is 35.9 Å². The van der Waals surface area contributed by atoms with Crippen LogP contribution in [0.1, 0.15) is 52.1 Å². The molecule has 0 aromatic heterocycles. The summed E-state index contributed by atoms with van der Waals surface area (Å²) >= 11 is 0. The first-order chi connectivity index (χ1) is 9.42. The highest BCUT2D eigenvalue weighted by atomic mass is 16.1. The fourth-order valence-electron chi connectivity index (χ4n) is 2.20. The van der Waals surface area contributed by atoms with Gasteiger partial charge in [-0.1, -0.05) is 58.0 Å². The fraction of sp³-hybridized carbons (Fsp3) is 0.588. The molecule has 112 valence electrons. The molecule has 2 N–H and O–H groups in total. The van der Waals surface area contributed by atoms with Crippen LogP contribution in [0.4, 0.5) is 0 Å². The lowest BCUT2D eigenvalue weighted by atomic mass is 9.85. The van der Waals surface area contributed by atoms with Gasteiger partial charge >= 0.3 is 0 Å². The van der Waals surface area contributed by atoms with Crippen LogP contribution in [0.25, 0.3) is 0 Å². The zero-order valence-corrected chi connectivity index (χ0v) is 13.2. The smallest absolute Gasteiger partial charge is 0.221 e. The predicted molar refractivity (Wildman–Crippen MR) is 84.6 cm³/mol. The van der Waals surface area contributed by atoms with Crippen LogP contribution < -0.4 is 10.6 Å². The molecule has 3 nitrogen and oxygen atoms in total. The van der Waals surface area contributed by atoms with Crippen molar-refractivity contribution < 1.29 is 4.79 Å². The molecule has 3 heteroatoms. The zero-order chi connectivity index (χ0) is 15.0. The molecule has 0 saturated heterocycles. The maximum absolute atomic E-state index is 12.0. The van der Waals surface area contributed by atoms with Gasteiger partial charge in [0.2, 0.25) is 5.91 Å². The average molecular weight is 276 g/mol. The van der Waals surface area contributed by atoms with E-state index in [0.29, 0.717) is 6.42 Å². The van der Waals surface area contributed by atoms with E-state index in [1.54, 1.807) is 0 Å². The van der Waals surface area contributed by atoms with Crippen LogP contribution in [0.5, 0.6) is 0 Å². The minimum atomic E-state index is 0.0883. The summed E-state index contributed by atoms with van der Waals surface area (Å²) in [5.41, 5.74) is 1.36. The van der Waals surface area contributed by atoms with E-state index in [1.807, 2.05) is 25.1 Å². The van der Waals surface area contributed by atoms with E-state index in [9.17, 15) is 4.79 Å². The lowest BCUT2D eigenvalue weighted by Gasteiger charge is -2.27. The third-order valence-electron chi connectivity index (χ3n) is 3.13. The first kappa shape index (κ1) is 16.7. The summed E-state index contributed by atoms with van der Waals surface area (Å²) in [6.45, 7) is 10.3. The van der Waals surface area contributed by atoms with Crippen molar-refractivity contribution >= 4 is 5.91 Å². The molecule has 0 fully saturated rings. The first-order valence-electron chi connectivity index (χ1n) is 7.47. The van der Waals surface area contributed by atoms with E-state index in [-0.39, 0.29) is 17.4 Å². The molecule has 1 amide bonds. The number of hydrogen-bond acceptors (Lipinski definition) is 2. The number of hydrogen-bond donors (Lipinski definition) is 2. The second-order valence-electron chi connectivity index (χ2n) is 6.40. The van der Waals surface area contributed by atoms with Crippen LogP contribution in [0.3, 0.4) is 0 Å². The average Bonchev–Trinajstić information content (AvgIpc) is 2.38. The molecule has 1 atom stereocenters. The molecule has 0 bridgehead atoms. The Labute approximate surface area is 123 Å². The van der Waals surface area contributed by atoms with E-state index in [1.165, 1.54) is 5.56 Å². The van der Waals surface area contributed by atoms with Gasteiger partial charge in [0, 0.05) is 13.0 Å². The van der Waals surface area contributed by atoms with Crippen molar-refractivity contribution in [2.75, 3.05) is 13.1 Å². The Morgan fingerprint density at radius 2 is 1.85 bits per heavy atom. The van der Waals surface area contributed by atoms with Crippen LogP contribution in [0, 0.1) is 5.41 Å². The SMILES string of the molecule is CCNCCC(=O)NC(CC(C)(C)C)c1ccccc1. The van der Waals surface area contributed by atoms with Crippen LogP contribution in [0.2, 0.25) is 0 Å². The molecule has 1 rings (SSSR count). The highest BCUT2D eigenvalue weighted by Crippen LogP contribution is 2.29. The molecule has 1 aromatic carbocycles. The van der Waals surface area contributed by atoms with Crippen molar-refractivity contribution in [3.63, 3.8) is 0 Å².